The highest BCUT2D eigenvalue weighted by Crippen LogP contribution is 2.43. The number of hydrogen-bond acceptors (Lipinski definition) is 5. The molecule has 0 bridgehead atoms. The topological polar surface area (TPSA) is 45.2 Å². The van der Waals surface area contributed by atoms with E-state index in [0.29, 0.717) is 12.0 Å². The zero-order valence-corrected chi connectivity index (χ0v) is 20.8. The van der Waals surface area contributed by atoms with Crippen LogP contribution in [0.2, 0.25) is 0 Å². The highest BCUT2D eigenvalue weighted by molar-refractivity contribution is 5.70. The minimum atomic E-state index is 0.189. The molecule has 2 saturated heterocycles. The number of fused-ring (bicyclic) bond motifs is 1. The smallest absolute Gasteiger partial charge is 0.126 e. The van der Waals surface area contributed by atoms with Crippen LogP contribution in [-0.2, 0) is 6.54 Å². The van der Waals surface area contributed by atoms with Gasteiger partial charge in [0.1, 0.15) is 11.5 Å². The summed E-state index contributed by atoms with van der Waals surface area (Å²) in [5, 5.41) is 10.3. The predicted molar refractivity (Wildman–Crippen MR) is 140 cm³/mol. The highest BCUT2D eigenvalue weighted by atomic mass is 16.5. The number of aliphatic hydroxyl groups excluding tert-OH is 1. The second-order valence-electron chi connectivity index (χ2n) is 9.70. The molecule has 3 aromatic rings. The second kappa shape index (κ2) is 10.8. The first-order chi connectivity index (χ1) is 17.2. The van der Waals surface area contributed by atoms with Crippen LogP contribution < -0.4 is 9.47 Å². The number of methoxy groups -OCH3 is 2. The molecule has 2 heterocycles. The molecule has 1 N–H and O–H groups in total. The molecule has 0 aliphatic carbocycles. The van der Waals surface area contributed by atoms with E-state index in [0.717, 1.165) is 48.8 Å². The van der Waals surface area contributed by atoms with Crippen molar-refractivity contribution >= 4 is 0 Å². The van der Waals surface area contributed by atoms with Gasteiger partial charge in [0.15, 0.2) is 0 Å². The van der Waals surface area contributed by atoms with Crippen LogP contribution in [0.4, 0.5) is 0 Å². The first-order valence-corrected chi connectivity index (χ1v) is 12.7. The van der Waals surface area contributed by atoms with Gasteiger partial charge in [0.2, 0.25) is 0 Å². The summed E-state index contributed by atoms with van der Waals surface area (Å²) in [4.78, 5) is 5.12. The Kier molecular flexibility index (Phi) is 7.37. The van der Waals surface area contributed by atoms with Crippen LogP contribution in [0.1, 0.15) is 29.9 Å². The Morgan fingerprint density at radius 1 is 0.886 bits per heavy atom. The first-order valence-electron chi connectivity index (χ1n) is 12.7. The lowest BCUT2D eigenvalue weighted by Gasteiger charge is -2.57. The fourth-order valence-electron chi connectivity index (χ4n) is 5.95. The molecule has 0 saturated carbocycles. The molecule has 5 rings (SSSR count). The number of ether oxygens (including phenoxy) is 2. The van der Waals surface area contributed by atoms with E-state index in [1.807, 2.05) is 24.3 Å². The molecular formula is C30H36N2O3. The van der Waals surface area contributed by atoms with E-state index in [2.05, 4.69) is 58.3 Å². The Balaban J connectivity index is 1.36. The summed E-state index contributed by atoms with van der Waals surface area (Å²) in [7, 11) is 3.44. The van der Waals surface area contributed by atoms with Crippen molar-refractivity contribution in [3.63, 3.8) is 0 Å². The standard InChI is InChI=1S/C30H36N2O3/c1-34-25-9-7-8-22(18-25)19-31-16-5-6-17-32-27(20-31)30(28(32)21-33)24-14-12-23(13-15-24)26-10-3-4-11-29(26)35-2/h3-4,7-15,18,27-28,30,33H,5-6,16-17,19-21H2,1-2H3/t27-,28-,30-/m0/s1. The molecule has 5 nitrogen and oxygen atoms in total. The summed E-state index contributed by atoms with van der Waals surface area (Å²) in [5.41, 5.74) is 4.85. The number of rotatable bonds is 7. The van der Waals surface area contributed by atoms with E-state index >= 15 is 0 Å². The third-order valence-corrected chi connectivity index (χ3v) is 7.71. The minimum Gasteiger partial charge on any atom is -0.497 e. The van der Waals surface area contributed by atoms with Crippen molar-refractivity contribution in [1.82, 2.24) is 9.80 Å². The lowest BCUT2D eigenvalue weighted by atomic mass is 9.74. The number of hydrogen-bond donors (Lipinski definition) is 1. The maximum Gasteiger partial charge on any atom is 0.126 e. The molecule has 0 spiro atoms. The highest BCUT2D eigenvalue weighted by Gasteiger charge is 2.49. The Morgan fingerprint density at radius 2 is 1.69 bits per heavy atom. The molecule has 2 aliphatic rings. The lowest BCUT2D eigenvalue weighted by molar-refractivity contribution is -0.0655. The molecule has 0 radical (unpaired) electrons. The van der Waals surface area contributed by atoms with Gasteiger partial charge in [0.05, 0.1) is 20.8 Å². The number of nitrogens with zero attached hydrogens (tertiary/aromatic N) is 2. The van der Waals surface area contributed by atoms with Crippen LogP contribution in [0.3, 0.4) is 0 Å². The number of benzene rings is 3. The minimum absolute atomic E-state index is 0.189. The lowest BCUT2D eigenvalue weighted by Crippen LogP contribution is -2.67. The van der Waals surface area contributed by atoms with E-state index in [-0.39, 0.29) is 12.6 Å². The SMILES string of the molecule is COc1cccc(CN2CCCCN3[C@@H](CO)[C@@H](c4ccc(-c5ccccc5OC)cc4)[C@@H]3C2)c1. The molecule has 2 aliphatic heterocycles. The van der Waals surface area contributed by atoms with Gasteiger partial charge in [-0.1, -0.05) is 54.6 Å². The van der Waals surface area contributed by atoms with Gasteiger partial charge in [0, 0.05) is 36.7 Å². The Morgan fingerprint density at radius 3 is 2.46 bits per heavy atom. The van der Waals surface area contributed by atoms with Crippen LogP contribution in [0, 0.1) is 0 Å². The molecule has 2 fully saturated rings. The van der Waals surface area contributed by atoms with Crippen molar-refractivity contribution in [2.75, 3.05) is 40.5 Å². The van der Waals surface area contributed by atoms with Crippen LogP contribution in [-0.4, -0.2) is 67.5 Å². The van der Waals surface area contributed by atoms with Gasteiger partial charge in [-0.3, -0.25) is 9.80 Å². The summed E-state index contributed by atoms with van der Waals surface area (Å²) in [5.74, 6) is 2.13. The Hall–Kier alpha value is -2.86. The summed E-state index contributed by atoms with van der Waals surface area (Å²) in [6.45, 7) is 4.30. The maximum absolute atomic E-state index is 10.3. The zero-order valence-electron chi connectivity index (χ0n) is 20.8. The van der Waals surface area contributed by atoms with Gasteiger partial charge in [0.25, 0.3) is 0 Å². The van der Waals surface area contributed by atoms with E-state index < -0.39 is 0 Å². The molecule has 0 amide bonds. The quantitative estimate of drug-likeness (QED) is 0.535. The molecule has 0 unspecified atom stereocenters. The largest absolute Gasteiger partial charge is 0.497 e. The van der Waals surface area contributed by atoms with Crippen molar-refractivity contribution in [3.8, 4) is 22.6 Å². The molecule has 3 aromatic carbocycles. The van der Waals surface area contributed by atoms with Crippen molar-refractivity contribution in [3.05, 3.63) is 83.9 Å². The Bertz CT molecular complexity index is 1120. The normalized spacial score (nSPS) is 23.0. The molecule has 184 valence electrons. The third kappa shape index (κ3) is 4.94. The van der Waals surface area contributed by atoms with E-state index in [1.54, 1.807) is 14.2 Å². The van der Waals surface area contributed by atoms with Crippen molar-refractivity contribution in [1.29, 1.82) is 0 Å². The van der Waals surface area contributed by atoms with Gasteiger partial charge < -0.3 is 14.6 Å². The fourth-order valence-corrected chi connectivity index (χ4v) is 5.95. The van der Waals surface area contributed by atoms with E-state index in [4.69, 9.17) is 9.47 Å². The summed E-state index contributed by atoms with van der Waals surface area (Å²) < 4.78 is 11.0. The number of para-hydroxylation sites is 1. The molecule has 35 heavy (non-hydrogen) atoms. The molecular weight excluding hydrogens is 436 g/mol. The Labute approximate surface area is 208 Å². The number of aliphatic hydroxyl groups is 1. The third-order valence-electron chi connectivity index (χ3n) is 7.71. The summed E-state index contributed by atoms with van der Waals surface area (Å²) in [6, 6.07) is 26.0. The van der Waals surface area contributed by atoms with Crippen LogP contribution >= 0.6 is 0 Å². The molecule has 3 atom stereocenters. The fraction of sp³-hybridized carbons (Fsp3) is 0.400. The van der Waals surface area contributed by atoms with Crippen LogP contribution in [0.5, 0.6) is 11.5 Å². The summed E-state index contributed by atoms with van der Waals surface area (Å²) >= 11 is 0. The average Bonchev–Trinajstić information content (AvgIpc) is 2.89. The van der Waals surface area contributed by atoms with Crippen molar-refractivity contribution in [2.24, 2.45) is 0 Å². The predicted octanol–water partition coefficient (Wildman–Crippen LogP) is 4.80. The van der Waals surface area contributed by atoms with Crippen LogP contribution in [0.25, 0.3) is 11.1 Å². The zero-order chi connectivity index (χ0) is 24.2. The van der Waals surface area contributed by atoms with E-state index in [9.17, 15) is 5.11 Å². The monoisotopic (exact) mass is 472 g/mol. The van der Waals surface area contributed by atoms with Gasteiger partial charge in [-0.25, -0.2) is 0 Å². The second-order valence-corrected chi connectivity index (χ2v) is 9.70. The first kappa shape index (κ1) is 23.9. The average molecular weight is 473 g/mol. The van der Waals surface area contributed by atoms with Gasteiger partial charge >= 0.3 is 0 Å². The van der Waals surface area contributed by atoms with Crippen LogP contribution in [0.15, 0.2) is 72.8 Å². The van der Waals surface area contributed by atoms with Gasteiger partial charge in [-0.15, -0.1) is 0 Å². The van der Waals surface area contributed by atoms with Gasteiger partial charge in [-0.2, -0.15) is 0 Å². The summed E-state index contributed by atoms with van der Waals surface area (Å²) in [6.07, 6.45) is 2.35. The maximum atomic E-state index is 10.3. The van der Waals surface area contributed by atoms with Crippen molar-refractivity contribution < 1.29 is 14.6 Å². The van der Waals surface area contributed by atoms with E-state index in [1.165, 1.54) is 24.0 Å². The molecule has 0 aromatic heterocycles. The van der Waals surface area contributed by atoms with Crippen molar-refractivity contribution in [2.45, 2.75) is 37.4 Å². The molecule has 5 heteroatoms. The van der Waals surface area contributed by atoms with Gasteiger partial charge in [-0.05, 0) is 60.8 Å².